The maximum atomic E-state index is 13.2. The molecule has 9 heteroatoms. The van der Waals surface area contributed by atoms with Crippen LogP contribution in [0.1, 0.15) is 31.9 Å². The van der Waals surface area contributed by atoms with Crippen molar-refractivity contribution in [3.8, 4) is 0 Å². The van der Waals surface area contributed by atoms with Crippen molar-refractivity contribution >= 4 is 17.8 Å². The molecule has 2 atom stereocenters. The lowest BCUT2D eigenvalue weighted by molar-refractivity contribution is -0.146. The van der Waals surface area contributed by atoms with Crippen LogP contribution in [0, 0.1) is 5.92 Å². The van der Waals surface area contributed by atoms with Crippen molar-refractivity contribution < 1.29 is 32.3 Å². The zero-order chi connectivity index (χ0) is 20.8. The standard InChI is InChI=1S/C18H23F3N2O4/c1-10(2)15(22-11(3)24)16(25)23-14(17(26)27-4)9-12-7-5-6-8-13(12)18(19,20)21/h5-8,10,14-15H,9H2,1-4H3,(H,22,24)(H,23,25)/t14-,15-/m1/s1. The molecule has 0 bridgehead atoms. The summed E-state index contributed by atoms with van der Waals surface area (Å²) in [5.74, 6) is -2.30. The number of rotatable bonds is 7. The Bertz CT molecular complexity index is 689. The van der Waals surface area contributed by atoms with E-state index < -0.39 is 48.0 Å². The molecule has 0 aromatic heterocycles. The Morgan fingerprint density at radius 3 is 2.19 bits per heavy atom. The van der Waals surface area contributed by atoms with Gasteiger partial charge in [-0.2, -0.15) is 13.2 Å². The van der Waals surface area contributed by atoms with Crippen molar-refractivity contribution in [2.45, 2.75) is 45.5 Å². The molecule has 1 aromatic rings. The van der Waals surface area contributed by atoms with E-state index in [-0.39, 0.29) is 11.5 Å². The Hall–Kier alpha value is -2.58. The Morgan fingerprint density at radius 1 is 1.11 bits per heavy atom. The van der Waals surface area contributed by atoms with Crippen molar-refractivity contribution in [1.29, 1.82) is 0 Å². The highest BCUT2D eigenvalue weighted by atomic mass is 19.4. The highest BCUT2D eigenvalue weighted by molar-refractivity contribution is 5.90. The molecule has 0 aliphatic rings. The number of halogens is 3. The third-order valence-corrected chi connectivity index (χ3v) is 3.86. The number of benzene rings is 1. The third-order valence-electron chi connectivity index (χ3n) is 3.86. The highest BCUT2D eigenvalue weighted by Gasteiger charge is 2.35. The number of carbonyl (C=O) groups is 3. The van der Waals surface area contributed by atoms with Crippen LogP contribution in [-0.4, -0.2) is 37.0 Å². The highest BCUT2D eigenvalue weighted by Crippen LogP contribution is 2.32. The third kappa shape index (κ3) is 6.58. The predicted molar refractivity (Wildman–Crippen MR) is 91.5 cm³/mol. The second-order valence-electron chi connectivity index (χ2n) is 6.37. The Morgan fingerprint density at radius 2 is 1.70 bits per heavy atom. The van der Waals surface area contributed by atoms with Crippen LogP contribution in [0.3, 0.4) is 0 Å². The predicted octanol–water partition coefficient (Wildman–Crippen LogP) is 2.07. The summed E-state index contributed by atoms with van der Waals surface area (Å²) in [6.07, 6.45) is -5.00. The molecule has 0 saturated heterocycles. The molecule has 0 aliphatic heterocycles. The zero-order valence-corrected chi connectivity index (χ0v) is 15.5. The number of esters is 1. The van der Waals surface area contributed by atoms with Crippen LogP contribution >= 0.6 is 0 Å². The summed E-state index contributed by atoms with van der Waals surface area (Å²) >= 11 is 0. The van der Waals surface area contributed by atoms with E-state index in [0.29, 0.717) is 0 Å². The van der Waals surface area contributed by atoms with Gasteiger partial charge in [0.2, 0.25) is 11.8 Å². The fourth-order valence-electron chi connectivity index (χ4n) is 2.55. The molecule has 0 spiro atoms. The second kappa shape index (κ2) is 9.38. The molecular weight excluding hydrogens is 365 g/mol. The lowest BCUT2D eigenvalue weighted by Crippen LogP contribution is -2.54. The van der Waals surface area contributed by atoms with Gasteiger partial charge in [0.05, 0.1) is 12.7 Å². The van der Waals surface area contributed by atoms with Gasteiger partial charge in [-0.15, -0.1) is 0 Å². The lowest BCUT2D eigenvalue weighted by atomic mass is 9.98. The van der Waals surface area contributed by atoms with Gasteiger partial charge in [0.15, 0.2) is 0 Å². The van der Waals surface area contributed by atoms with Crippen LogP contribution in [0.15, 0.2) is 24.3 Å². The van der Waals surface area contributed by atoms with E-state index in [1.165, 1.54) is 25.1 Å². The zero-order valence-electron chi connectivity index (χ0n) is 15.5. The molecule has 0 radical (unpaired) electrons. The summed E-state index contributed by atoms with van der Waals surface area (Å²) in [6, 6.07) is 2.52. The Kier molecular flexibility index (Phi) is 7.81. The topological polar surface area (TPSA) is 84.5 Å². The van der Waals surface area contributed by atoms with E-state index in [1.54, 1.807) is 13.8 Å². The van der Waals surface area contributed by atoms with E-state index in [1.807, 2.05) is 0 Å². The van der Waals surface area contributed by atoms with E-state index in [4.69, 9.17) is 0 Å². The number of hydrogen-bond acceptors (Lipinski definition) is 4. The first kappa shape index (κ1) is 22.5. The minimum atomic E-state index is -4.60. The molecule has 6 nitrogen and oxygen atoms in total. The van der Waals surface area contributed by atoms with Crippen molar-refractivity contribution in [3.63, 3.8) is 0 Å². The number of alkyl halides is 3. The van der Waals surface area contributed by atoms with Gasteiger partial charge in [0, 0.05) is 13.3 Å². The molecule has 0 saturated carbocycles. The largest absolute Gasteiger partial charge is 0.467 e. The summed E-state index contributed by atoms with van der Waals surface area (Å²) < 4.78 is 44.1. The monoisotopic (exact) mass is 388 g/mol. The average Bonchev–Trinajstić information content (AvgIpc) is 2.57. The van der Waals surface area contributed by atoms with Gasteiger partial charge in [0.1, 0.15) is 12.1 Å². The first-order valence-corrected chi connectivity index (χ1v) is 8.27. The quantitative estimate of drug-likeness (QED) is 0.701. The van der Waals surface area contributed by atoms with Gasteiger partial charge in [-0.05, 0) is 17.5 Å². The fourth-order valence-corrected chi connectivity index (χ4v) is 2.55. The van der Waals surface area contributed by atoms with E-state index >= 15 is 0 Å². The molecule has 2 amide bonds. The number of hydrogen-bond donors (Lipinski definition) is 2. The summed E-state index contributed by atoms with van der Waals surface area (Å²) in [6.45, 7) is 4.61. The van der Waals surface area contributed by atoms with Crippen molar-refractivity contribution in [1.82, 2.24) is 10.6 Å². The smallest absolute Gasteiger partial charge is 0.416 e. The maximum absolute atomic E-state index is 13.2. The van der Waals surface area contributed by atoms with Crippen LogP contribution in [0.25, 0.3) is 0 Å². The van der Waals surface area contributed by atoms with E-state index in [0.717, 1.165) is 13.2 Å². The van der Waals surface area contributed by atoms with Gasteiger partial charge in [-0.1, -0.05) is 32.0 Å². The van der Waals surface area contributed by atoms with Crippen LogP contribution < -0.4 is 10.6 Å². The van der Waals surface area contributed by atoms with Gasteiger partial charge < -0.3 is 15.4 Å². The van der Waals surface area contributed by atoms with Crippen LogP contribution in [-0.2, 0) is 31.7 Å². The van der Waals surface area contributed by atoms with Crippen LogP contribution in [0.2, 0.25) is 0 Å². The summed E-state index contributed by atoms with van der Waals surface area (Å²) in [5, 5.41) is 4.84. The normalized spacial score (nSPS) is 13.6. The SMILES string of the molecule is COC(=O)[C@@H](Cc1ccccc1C(F)(F)F)NC(=O)[C@H](NC(C)=O)C(C)C. The number of nitrogens with one attached hydrogen (secondary N) is 2. The fraction of sp³-hybridized carbons (Fsp3) is 0.500. The lowest BCUT2D eigenvalue weighted by Gasteiger charge is -2.24. The Labute approximate surface area is 155 Å². The molecule has 0 heterocycles. The summed E-state index contributed by atoms with van der Waals surface area (Å²) in [7, 11) is 1.07. The Balaban J connectivity index is 3.10. The van der Waals surface area contributed by atoms with Crippen LogP contribution in [0.4, 0.5) is 13.2 Å². The number of amides is 2. The summed E-state index contributed by atoms with van der Waals surface area (Å²) in [4.78, 5) is 35.8. The van der Waals surface area contributed by atoms with Crippen molar-refractivity contribution in [2.24, 2.45) is 5.92 Å². The first-order valence-electron chi connectivity index (χ1n) is 8.27. The molecule has 0 fully saturated rings. The second-order valence-corrected chi connectivity index (χ2v) is 6.37. The van der Waals surface area contributed by atoms with Crippen molar-refractivity contribution in [3.05, 3.63) is 35.4 Å². The first-order chi connectivity index (χ1) is 12.5. The molecule has 2 N–H and O–H groups in total. The molecular formula is C18H23F3N2O4. The number of ether oxygens (including phenoxy) is 1. The molecule has 0 aliphatic carbocycles. The molecule has 0 unspecified atom stereocenters. The van der Waals surface area contributed by atoms with Crippen molar-refractivity contribution in [2.75, 3.05) is 7.11 Å². The van der Waals surface area contributed by atoms with Crippen LogP contribution in [0.5, 0.6) is 0 Å². The van der Waals surface area contributed by atoms with Gasteiger partial charge >= 0.3 is 12.1 Å². The minimum Gasteiger partial charge on any atom is -0.467 e. The average molecular weight is 388 g/mol. The minimum absolute atomic E-state index is 0.152. The maximum Gasteiger partial charge on any atom is 0.416 e. The van der Waals surface area contributed by atoms with Gasteiger partial charge in [0.25, 0.3) is 0 Å². The number of methoxy groups -OCH3 is 1. The molecule has 1 aromatic carbocycles. The van der Waals surface area contributed by atoms with E-state index in [9.17, 15) is 27.6 Å². The van der Waals surface area contributed by atoms with Gasteiger partial charge in [-0.3, -0.25) is 9.59 Å². The molecule has 1 rings (SSSR count). The number of carbonyl (C=O) groups excluding carboxylic acids is 3. The molecule has 150 valence electrons. The van der Waals surface area contributed by atoms with Gasteiger partial charge in [-0.25, -0.2) is 4.79 Å². The summed E-state index contributed by atoms with van der Waals surface area (Å²) in [5.41, 5.74) is -1.04. The van der Waals surface area contributed by atoms with E-state index in [2.05, 4.69) is 15.4 Å². The molecule has 27 heavy (non-hydrogen) atoms.